The third-order valence-corrected chi connectivity index (χ3v) is 4.15. The Balaban J connectivity index is 1.87. The van der Waals surface area contributed by atoms with Crippen LogP contribution in [0, 0.1) is 27.7 Å². The summed E-state index contributed by atoms with van der Waals surface area (Å²) in [4.78, 5) is 23.8. The minimum atomic E-state index is -0.245. The molecule has 1 N–H and O–H groups in total. The topological polar surface area (TPSA) is 84.2 Å². The van der Waals surface area contributed by atoms with Crippen LogP contribution in [0.2, 0.25) is 0 Å². The molecule has 0 atom stereocenters. The van der Waals surface area contributed by atoms with E-state index in [0.717, 1.165) is 30.4 Å². The Morgan fingerprint density at radius 3 is 2.17 bits per heavy atom. The lowest BCUT2D eigenvalue weighted by Crippen LogP contribution is -2.22. The van der Waals surface area contributed by atoms with Crippen LogP contribution in [0.5, 0.6) is 0 Å². The van der Waals surface area contributed by atoms with Gasteiger partial charge in [-0.05, 0) is 40.5 Å². The van der Waals surface area contributed by atoms with Crippen LogP contribution in [0.3, 0.4) is 0 Å². The van der Waals surface area contributed by atoms with Crippen molar-refractivity contribution in [3.63, 3.8) is 0 Å². The van der Waals surface area contributed by atoms with Crippen molar-refractivity contribution in [2.24, 2.45) is 0 Å². The summed E-state index contributed by atoms with van der Waals surface area (Å²) >= 11 is 0. The zero-order valence-corrected chi connectivity index (χ0v) is 13.9. The van der Waals surface area contributed by atoms with E-state index in [-0.39, 0.29) is 5.91 Å². The third kappa shape index (κ3) is 2.91. The van der Waals surface area contributed by atoms with Crippen LogP contribution in [0.1, 0.15) is 46.0 Å². The molecule has 7 nitrogen and oxygen atoms in total. The third-order valence-electron chi connectivity index (χ3n) is 4.15. The molecular weight excluding hydrogens is 294 g/mol. The van der Waals surface area contributed by atoms with Gasteiger partial charge in [-0.3, -0.25) is 4.79 Å². The number of aryl methyl sites for hydroxylation is 4. The highest BCUT2D eigenvalue weighted by Crippen LogP contribution is 2.24. The minimum absolute atomic E-state index is 0.245. The van der Waals surface area contributed by atoms with Gasteiger partial charge in [0.25, 0.3) is 5.91 Å². The van der Waals surface area contributed by atoms with Gasteiger partial charge in [0.15, 0.2) is 0 Å². The molecule has 1 aliphatic rings. The molecule has 0 radical (unpaired) electrons. The molecule has 0 saturated carbocycles. The fraction of sp³-hybridized carbons (Fsp3) is 0.500. The molecule has 1 saturated heterocycles. The largest absolute Gasteiger partial charge is 0.361 e. The lowest BCUT2D eigenvalue weighted by atomic mass is 10.2. The molecule has 2 aromatic heterocycles. The number of carbonyl (C=O) groups excluding carboxylic acids is 1. The second-order valence-corrected chi connectivity index (χ2v) is 5.92. The maximum absolute atomic E-state index is 12.5. The van der Waals surface area contributed by atoms with Crippen molar-refractivity contribution in [2.75, 3.05) is 23.3 Å². The van der Waals surface area contributed by atoms with Crippen molar-refractivity contribution in [3.05, 3.63) is 28.4 Å². The predicted octanol–water partition coefficient (Wildman–Crippen LogP) is 2.55. The van der Waals surface area contributed by atoms with Crippen LogP contribution in [0.25, 0.3) is 0 Å². The Labute approximate surface area is 135 Å². The van der Waals surface area contributed by atoms with Crippen molar-refractivity contribution in [2.45, 2.75) is 40.5 Å². The van der Waals surface area contributed by atoms with E-state index in [9.17, 15) is 4.79 Å². The van der Waals surface area contributed by atoms with Crippen molar-refractivity contribution in [3.8, 4) is 0 Å². The van der Waals surface area contributed by atoms with Gasteiger partial charge in [0, 0.05) is 13.1 Å². The molecule has 7 heteroatoms. The number of hydrogen-bond donors (Lipinski definition) is 1. The summed E-state index contributed by atoms with van der Waals surface area (Å²) < 4.78 is 5.05. The quantitative estimate of drug-likeness (QED) is 0.937. The first-order chi connectivity index (χ1) is 11.0. The SMILES string of the molecule is Cc1nc(N2CCCC2)nc(C)c1NC(=O)c1c(C)noc1C. The summed E-state index contributed by atoms with van der Waals surface area (Å²) in [5.74, 6) is 1.00. The molecule has 0 unspecified atom stereocenters. The highest BCUT2D eigenvalue weighted by atomic mass is 16.5. The predicted molar refractivity (Wildman–Crippen MR) is 86.9 cm³/mol. The molecule has 1 aliphatic heterocycles. The van der Waals surface area contributed by atoms with Crippen molar-refractivity contribution < 1.29 is 9.32 Å². The second kappa shape index (κ2) is 5.98. The van der Waals surface area contributed by atoms with Crippen molar-refractivity contribution >= 4 is 17.5 Å². The number of nitrogens with one attached hydrogen (secondary N) is 1. The van der Waals surface area contributed by atoms with Crippen molar-refractivity contribution in [1.82, 2.24) is 15.1 Å². The van der Waals surface area contributed by atoms with E-state index in [1.807, 2.05) is 13.8 Å². The molecule has 0 bridgehead atoms. The highest BCUT2D eigenvalue weighted by molar-refractivity contribution is 6.06. The first kappa shape index (κ1) is 15.5. The number of carbonyl (C=O) groups is 1. The Morgan fingerprint density at radius 1 is 1.04 bits per heavy atom. The van der Waals surface area contributed by atoms with Crippen LogP contribution in [-0.2, 0) is 0 Å². The Morgan fingerprint density at radius 2 is 1.65 bits per heavy atom. The van der Waals surface area contributed by atoms with Gasteiger partial charge in [-0.25, -0.2) is 9.97 Å². The molecule has 1 amide bonds. The molecule has 0 aliphatic carbocycles. The smallest absolute Gasteiger partial charge is 0.261 e. The van der Waals surface area contributed by atoms with Crippen LogP contribution < -0.4 is 10.2 Å². The monoisotopic (exact) mass is 315 g/mol. The molecular formula is C16H21N5O2. The summed E-state index contributed by atoms with van der Waals surface area (Å²) in [5, 5.41) is 6.71. The lowest BCUT2D eigenvalue weighted by molar-refractivity contribution is 0.102. The normalized spacial score (nSPS) is 14.3. The average Bonchev–Trinajstić information content (AvgIpc) is 3.13. The van der Waals surface area contributed by atoms with E-state index in [0.29, 0.717) is 22.7 Å². The summed E-state index contributed by atoms with van der Waals surface area (Å²) in [6.45, 7) is 9.22. The molecule has 3 rings (SSSR count). The number of hydrogen-bond acceptors (Lipinski definition) is 6. The zero-order chi connectivity index (χ0) is 16.6. The maximum Gasteiger partial charge on any atom is 0.261 e. The minimum Gasteiger partial charge on any atom is -0.361 e. The summed E-state index contributed by atoms with van der Waals surface area (Å²) in [5.41, 5.74) is 3.22. The number of rotatable bonds is 3. The van der Waals surface area contributed by atoms with Crippen LogP contribution in [0.15, 0.2) is 4.52 Å². The Bertz CT molecular complexity index is 704. The van der Waals surface area contributed by atoms with E-state index in [1.165, 1.54) is 12.8 Å². The highest BCUT2D eigenvalue weighted by Gasteiger charge is 2.21. The zero-order valence-electron chi connectivity index (χ0n) is 13.9. The van der Waals surface area contributed by atoms with Crippen LogP contribution in [0.4, 0.5) is 11.6 Å². The maximum atomic E-state index is 12.5. The number of anilines is 2. The first-order valence-corrected chi connectivity index (χ1v) is 7.81. The van der Waals surface area contributed by atoms with E-state index in [2.05, 4.69) is 25.3 Å². The second-order valence-electron chi connectivity index (χ2n) is 5.92. The van der Waals surface area contributed by atoms with Gasteiger partial charge in [-0.2, -0.15) is 0 Å². The van der Waals surface area contributed by atoms with Crippen LogP contribution in [-0.4, -0.2) is 34.1 Å². The fourth-order valence-electron chi connectivity index (χ4n) is 2.92. The van der Waals surface area contributed by atoms with Gasteiger partial charge in [0.1, 0.15) is 11.3 Å². The van der Waals surface area contributed by atoms with Gasteiger partial charge in [-0.15, -0.1) is 0 Å². The summed E-state index contributed by atoms with van der Waals surface area (Å²) in [7, 11) is 0. The number of amides is 1. The standard InChI is InChI=1S/C16H21N5O2/c1-9-13(12(4)23-20-9)15(22)19-14-10(2)17-16(18-11(14)3)21-7-5-6-8-21/h5-8H2,1-4H3,(H,19,22). The van der Waals surface area contributed by atoms with Gasteiger partial charge >= 0.3 is 0 Å². The first-order valence-electron chi connectivity index (χ1n) is 7.81. The average molecular weight is 315 g/mol. The van der Waals surface area contributed by atoms with E-state index >= 15 is 0 Å². The van der Waals surface area contributed by atoms with Crippen LogP contribution >= 0.6 is 0 Å². The van der Waals surface area contributed by atoms with Gasteiger partial charge in [-0.1, -0.05) is 5.16 Å². The molecule has 1 fully saturated rings. The van der Waals surface area contributed by atoms with E-state index < -0.39 is 0 Å². The lowest BCUT2D eigenvalue weighted by Gasteiger charge is -2.18. The summed E-state index contributed by atoms with van der Waals surface area (Å²) in [6.07, 6.45) is 2.35. The summed E-state index contributed by atoms with van der Waals surface area (Å²) in [6, 6.07) is 0. The Kier molecular flexibility index (Phi) is 4.02. The molecule has 0 spiro atoms. The Hall–Kier alpha value is -2.44. The molecule has 0 aromatic carbocycles. The van der Waals surface area contributed by atoms with E-state index in [1.54, 1.807) is 13.8 Å². The van der Waals surface area contributed by atoms with Gasteiger partial charge < -0.3 is 14.7 Å². The van der Waals surface area contributed by atoms with Gasteiger partial charge in [0.2, 0.25) is 5.95 Å². The molecule has 2 aromatic rings. The fourth-order valence-corrected chi connectivity index (χ4v) is 2.92. The number of aromatic nitrogens is 3. The van der Waals surface area contributed by atoms with Gasteiger partial charge in [0.05, 0.1) is 22.8 Å². The van der Waals surface area contributed by atoms with Crippen molar-refractivity contribution in [1.29, 1.82) is 0 Å². The molecule has 122 valence electrons. The molecule has 3 heterocycles. The molecule has 23 heavy (non-hydrogen) atoms. The van der Waals surface area contributed by atoms with E-state index in [4.69, 9.17) is 4.52 Å². The number of nitrogens with zero attached hydrogens (tertiary/aromatic N) is 4.